The van der Waals surface area contributed by atoms with E-state index in [1.165, 1.54) is 19.1 Å². The number of hydrogen-bond donors (Lipinski definition) is 0. The van der Waals surface area contributed by atoms with E-state index in [-0.39, 0.29) is 28.4 Å². The monoisotopic (exact) mass is 375 g/mol. The summed E-state index contributed by atoms with van der Waals surface area (Å²) in [6, 6.07) is 10.0. The van der Waals surface area contributed by atoms with Crippen molar-refractivity contribution in [3.63, 3.8) is 0 Å². The zero-order valence-corrected chi connectivity index (χ0v) is 15.9. The SMILES string of the molecule is CN(C(=O)c1occc1CS(=O)(=O)c1ccccc1)C1CCCCCC1. The Morgan fingerprint density at radius 1 is 1.08 bits per heavy atom. The van der Waals surface area contributed by atoms with Gasteiger partial charge in [-0.2, -0.15) is 0 Å². The van der Waals surface area contributed by atoms with Gasteiger partial charge in [-0.05, 0) is 31.0 Å². The number of rotatable bonds is 5. The minimum atomic E-state index is -3.53. The van der Waals surface area contributed by atoms with Crippen molar-refractivity contribution < 1.29 is 17.6 Å². The number of sulfone groups is 1. The van der Waals surface area contributed by atoms with Crippen LogP contribution in [0.3, 0.4) is 0 Å². The van der Waals surface area contributed by atoms with Crippen LogP contribution < -0.4 is 0 Å². The summed E-state index contributed by atoms with van der Waals surface area (Å²) in [7, 11) is -1.74. The molecule has 1 saturated carbocycles. The van der Waals surface area contributed by atoms with Gasteiger partial charge in [0.1, 0.15) is 0 Å². The Bertz CT molecular complexity index is 834. The molecule has 1 fully saturated rings. The van der Waals surface area contributed by atoms with Crippen molar-refractivity contribution in [3.05, 3.63) is 54.0 Å². The van der Waals surface area contributed by atoms with E-state index in [0.29, 0.717) is 5.56 Å². The van der Waals surface area contributed by atoms with Crippen molar-refractivity contribution >= 4 is 15.7 Å². The van der Waals surface area contributed by atoms with E-state index in [2.05, 4.69) is 0 Å². The molecule has 1 amide bonds. The molecule has 0 unspecified atom stereocenters. The third-order valence-corrected chi connectivity index (χ3v) is 6.76. The summed E-state index contributed by atoms with van der Waals surface area (Å²) in [5.41, 5.74) is 0.416. The maximum absolute atomic E-state index is 12.9. The van der Waals surface area contributed by atoms with Crippen LogP contribution in [0, 0.1) is 0 Å². The zero-order chi connectivity index (χ0) is 18.6. The van der Waals surface area contributed by atoms with E-state index < -0.39 is 9.84 Å². The molecule has 0 radical (unpaired) electrons. The van der Waals surface area contributed by atoms with Gasteiger partial charge < -0.3 is 9.32 Å². The first-order valence-corrected chi connectivity index (χ1v) is 10.8. The Balaban J connectivity index is 1.78. The third kappa shape index (κ3) is 4.18. The highest BCUT2D eigenvalue weighted by Crippen LogP contribution is 2.25. The fourth-order valence-electron chi connectivity index (χ4n) is 3.52. The lowest BCUT2D eigenvalue weighted by atomic mass is 10.1. The quantitative estimate of drug-likeness (QED) is 0.740. The van der Waals surface area contributed by atoms with Gasteiger partial charge in [0.2, 0.25) is 0 Å². The third-order valence-electron chi connectivity index (χ3n) is 5.08. The Morgan fingerprint density at radius 2 is 1.73 bits per heavy atom. The van der Waals surface area contributed by atoms with E-state index in [0.717, 1.165) is 25.7 Å². The van der Waals surface area contributed by atoms with Crippen molar-refractivity contribution in [2.24, 2.45) is 0 Å². The van der Waals surface area contributed by atoms with E-state index in [4.69, 9.17) is 4.42 Å². The Kier molecular flexibility index (Phi) is 5.81. The molecule has 0 N–H and O–H groups in total. The van der Waals surface area contributed by atoms with Crippen molar-refractivity contribution in [2.75, 3.05) is 7.05 Å². The molecule has 26 heavy (non-hydrogen) atoms. The molecule has 3 rings (SSSR count). The lowest BCUT2D eigenvalue weighted by Gasteiger charge is -2.26. The van der Waals surface area contributed by atoms with Crippen LogP contribution in [0.15, 0.2) is 52.0 Å². The second-order valence-corrected chi connectivity index (χ2v) is 8.90. The number of furan rings is 1. The standard InChI is InChI=1S/C20H25NO4S/c1-21(17-9-5-2-3-6-10-17)20(22)19-16(13-14-25-19)15-26(23,24)18-11-7-4-8-12-18/h4,7-8,11-14,17H,2-3,5-6,9-10,15H2,1H3. The average molecular weight is 375 g/mol. The molecule has 1 aliphatic rings. The molecule has 1 aliphatic carbocycles. The number of carbonyl (C=O) groups excluding carboxylic acids is 1. The van der Waals surface area contributed by atoms with Crippen molar-refractivity contribution in [3.8, 4) is 0 Å². The molecule has 0 spiro atoms. The average Bonchev–Trinajstić information content (AvgIpc) is 2.92. The summed E-state index contributed by atoms with van der Waals surface area (Å²) in [6.45, 7) is 0. The highest BCUT2D eigenvalue weighted by Gasteiger charge is 2.28. The van der Waals surface area contributed by atoms with Gasteiger partial charge in [-0.1, -0.05) is 43.9 Å². The van der Waals surface area contributed by atoms with Crippen molar-refractivity contribution in [2.45, 2.75) is 55.2 Å². The molecule has 140 valence electrons. The van der Waals surface area contributed by atoms with Crippen molar-refractivity contribution in [1.82, 2.24) is 4.90 Å². The van der Waals surface area contributed by atoms with Gasteiger partial charge in [-0.25, -0.2) is 8.42 Å². The number of amides is 1. The summed E-state index contributed by atoms with van der Waals surface area (Å²) in [6.07, 6.45) is 8.02. The minimum Gasteiger partial charge on any atom is -0.459 e. The van der Waals surface area contributed by atoms with Gasteiger partial charge in [-0.15, -0.1) is 0 Å². The van der Waals surface area contributed by atoms with E-state index in [1.54, 1.807) is 48.3 Å². The topological polar surface area (TPSA) is 67.6 Å². The van der Waals surface area contributed by atoms with Crippen LogP contribution in [-0.2, 0) is 15.6 Å². The first-order valence-electron chi connectivity index (χ1n) is 9.10. The summed E-state index contributed by atoms with van der Waals surface area (Å²) in [4.78, 5) is 14.9. The largest absolute Gasteiger partial charge is 0.459 e. The van der Waals surface area contributed by atoms with Crippen LogP contribution in [0.4, 0.5) is 0 Å². The number of nitrogens with zero attached hydrogens (tertiary/aromatic N) is 1. The maximum Gasteiger partial charge on any atom is 0.289 e. The van der Waals surface area contributed by atoms with Gasteiger partial charge >= 0.3 is 0 Å². The van der Waals surface area contributed by atoms with E-state index in [9.17, 15) is 13.2 Å². The Labute approximate surface area is 154 Å². The van der Waals surface area contributed by atoms with E-state index >= 15 is 0 Å². The molecular weight excluding hydrogens is 350 g/mol. The molecule has 6 heteroatoms. The molecule has 0 atom stereocenters. The number of hydrogen-bond acceptors (Lipinski definition) is 4. The van der Waals surface area contributed by atoms with E-state index in [1.807, 2.05) is 0 Å². The summed E-state index contributed by atoms with van der Waals surface area (Å²) in [5.74, 6) is -0.344. The highest BCUT2D eigenvalue weighted by atomic mass is 32.2. The van der Waals surface area contributed by atoms with Gasteiger partial charge in [-0.3, -0.25) is 4.79 Å². The molecule has 1 aromatic carbocycles. The Hall–Kier alpha value is -2.08. The normalized spacial score (nSPS) is 16.2. The van der Waals surface area contributed by atoms with Gasteiger partial charge in [0.15, 0.2) is 15.6 Å². The number of benzene rings is 1. The van der Waals surface area contributed by atoms with Crippen molar-refractivity contribution in [1.29, 1.82) is 0 Å². The molecule has 1 aromatic heterocycles. The second kappa shape index (κ2) is 8.08. The smallest absolute Gasteiger partial charge is 0.289 e. The molecule has 5 nitrogen and oxygen atoms in total. The zero-order valence-electron chi connectivity index (χ0n) is 15.1. The van der Waals surface area contributed by atoms with Gasteiger partial charge in [0, 0.05) is 18.7 Å². The summed E-state index contributed by atoms with van der Waals surface area (Å²) >= 11 is 0. The van der Waals surface area contributed by atoms with Crippen LogP contribution in [0.2, 0.25) is 0 Å². The first kappa shape index (κ1) is 18.7. The maximum atomic E-state index is 12.9. The lowest BCUT2D eigenvalue weighted by molar-refractivity contribution is 0.0684. The predicted octanol–water partition coefficient (Wildman–Crippen LogP) is 4.05. The molecule has 2 aromatic rings. The molecular formula is C20H25NO4S. The molecule has 0 saturated heterocycles. The van der Waals surface area contributed by atoms with Crippen LogP contribution in [0.25, 0.3) is 0 Å². The summed E-state index contributed by atoms with van der Waals surface area (Å²) in [5, 5.41) is 0. The highest BCUT2D eigenvalue weighted by molar-refractivity contribution is 7.90. The fraction of sp³-hybridized carbons (Fsp3) is 0.450. The molecule has 0 aliphatic heterocycles. The van der Waals surface area contributed by atoms with Crippen LogP contribution >= 0.6 is 0 Å². The second-order valence-electron chi connectivity index (χ2n) is 6.91. The Morgan fingerprint density at radius 3 is 2.38 bits per heavy atom. The van der Waals surface area contributed by atoms with Crippen LogP contribution in [0.5, 0.6) is 0 Å². The van der Waals surface area contributed by atoms with Crippen LogP contribution in [0.1, 0.15) is 54.6 Å². The van der Waals surface area contributed by atoms with Crippen LogP contribution in [-0.4, -0.2) is 32.3 Å². The molecule has 0 bridgehead atoms. The molecule has 1 heterocycles. The summed E-state index contributed by atoms with van der Waals surface area (Å²) < 4.78 is 30.6. The van der Waals surface area contributed by atoms with Gasteiger partial charge in [0.25, 0.3) is 5.91 Å². The fourth-order valence-corrected chi connectivity index (χ4v) is 4.90. The minimum absolute atomic E-state index is 0.135. The first-order chi connectivity index (χ1) is 12.5. The predicted molar refractivity (Wildman–Crippen MR) is 99.6 cm³/mol. The number of carbonyl (C=O) groups is 1. The van der Waals surface area contributed by atoms with Gasteiger partial charge in [0.05, 0.1) is 16.9 Å². The lowest BCUT2D eigenvalue weighted by Crippen LogP contribution is -2.37.